The van der Waals surface area contributed by atoms with Crippen molar-refractivity contribution in [3.63, 3.8) is 0 Å². The SMILES string of the molecule is CC/C(C)=C/CCC(C)=CC=O. The fourth-order valence-electron chi connectivity index (χ4n) is 0.890. The van der Waals surface area contributed by atoms with Crippen molar-refractivity contribution >= 4 is 6.29 Å². The van der Waals surface area contributed by atoms with Gasteiger partial charge < -0.3 is 0 Å². The normalized spacial score (nSPS) is 13.2. The van der Waals surface area contributed by atoms with Gasteiger partial charge in [-0.1, -0.05) is 24.1 Å². The van der Waals surface area contributed by atoms with Crippen molar-refractivity contribution < 1.29 is 4.79 Å². The Hall–Kier alpha value is -0.850. The molecule has 0 fully saturated rings. The molecule has 0 saturated carbocycles. The largest absolute Gasteiger partial charge is 0.299 e. The van der Waals surface area contributed by atoms with Crippen molar-refractivity contribution in [3.05, 3.63) is 23.3 Å². The van der Waals surface area contributed by atoms with E-state index in [1.807, 2.05) is 6.92 Å². The first-order valence-electron chi connectivity index (χ1n) is 4.47. The Balaban J connectivity index is 3.69. The zero-order valence-electron chi connectivity index (χ0n) is 8.26. The van der Waals surface area contributed by atoms with Crippen LogP contribution in [0.2, 0.25) is 0 Å². The molecule has 1 nitrogen and oxygen atoms in total. The summed E-state index contributed by atoms with van der Waals surface area (Å²) >= 11 is 0. The summed E-state index contributed by atoms with van der Waals surface area (Å²) < 4.78 is 0. The molecule has 0 bridgehead atoms. The number of carbonyl (C=O) groups excluding carboxylic acids is 1. The second kappa shape index (κ2) is 6.84. The molecule has 0 rings (SSSR count). The first-order valence-corrected chi connectivity index (χ1v) is 4.47. The first-order chi connectivity index (χ1) is 5.70. The number of rotatable bonds is 5. The van der Waals surface area contributed by atoms with Gasteiger partial charge >= 0.3 is 0 Å². The van der Waals surface area contributed by atoms with E-state index in [0.29, 0.717) is 0 Å². The van der Waals surface area contributed by atoms with Gasteiger partial charge in [0, 0.05) is 0 Å². The monoisotopic (exact) mass is 166 g/mol. The third-order valence-corrected chi connectivity index (χ3v) is 1.94. The van der Waals surface area contributed by atoms with E-state index in [0.717, 1.165) is 31.1 Å². The van der Waals surface area contributed by atoms with Crippen LogP contribution in [0.4, 0.5) is 0 Å². The van der Waals surface area contributed by atoms with Gasteiger partial charge in [-0.05, 0) is 39.2 Å². The lowest BCUT2D eigenvalue weighted by Crippen LogP contribution is -1.78. The molecule has 0 unspecified atom stereocenters. The predicted octanol–water partition coefficient (Wildman–Crippen LogP) is 3.27. The highest BCUT2D eigenvalue weighted by molar-refractivity contribution is 5.65. The quantitative estimate of drug-likeness (QED) is 0.348. The van der Waals surface area contributed by atoms with Crippen molar-refractivity contribution in [2.75, 3.05) is 0 Å². The minimum atomic E-state index is 0.853. The summed E-state index contributed by atoms with van der Waals surface area (Å²) in [4.78, 5) is 10.1. The summed E-state index contributed by atoms with van der Waals surface area (Å²) in [6, 6.07) is 0. The molecule has 0 heterocycles. The van der Waals surface area contributed by atoms with Gasteiger partial charge in [0.05, 0.1) is 0 Å². The Labute approximate surface area is 75.2 Å². The van der Waals surface area contributed by atoms with Gasteiger partial charge in [0.1, 0.15) is 6.29 Å². The van der Waals surface area contributed by atoms with Crippen molar-refractivity contribution in [2.24, 2.45) is 0 Å². The molecule has 68 valence electrons. The number of hydrogen-bond acceptors (Lipinski definition) is 1. The van der Waals surface area contributed by atoms with Crippen LogP contribution in [0.25, 0.3) is 0 Å². The summed E-state index contributed by atoms with van der Waals surface area (Å²) in [5.74, 6) is 0. The lowest BCUT2D eigenvalue weighted by Gasteiger charge is -1.97. The van der Waals surface area contributed by atoms with E-state index in [1.54, 1.807) is 6.08 Å². The molecule has 0 atom stereocenters. The molecule has 0 aliphatic rings. The highest BCUT2D eigenvalue weighted by atomic mass is 16.1. The maximum absolute atomic E-state index is 10.1. The predicted molar refractivity (Wildman–Crippen MR) is 53.1 cm³/mol. The van der Waals surface area contributed by atoms with Crippen LogP contribution in [0.15, 0.2) is 23.3 Å². The van der Waals surface area contributed by atoms with Crippen molar-refractivity contribution in [2.45, 2.75) is 40.0 Å². The van der Waals surface area contributed by atoms with Crippen LogP contribution in [0, 0.1) is 0 Å². The van der Waals surface area contributed by atoms with E-state index in [-0.39, 0.29) is 0 Å². The Morgan fingerprint density at radius 1 is 1.25 bits per heavy atom. The summed E-state index contributed by atoms with van der Waals surface area (Å²) in [5.41, 5.74) is 2.58. The minimum Gasteiger partial charge on any atom is -0.299 e. The van der Waals surface area contributed by atoms with Crippen molar-refractivity contribution in [3.8, 4) is 0 Å². The Morgan fingerprint density at radius 3 is 2.42 bits per heavy atom. The standard InChI is InChI=1S/C11H18O/c1-4-10(2)6-5-7-11(3)8-9-12/h6,8-9H,4-5,7H2,1-3H3/b10-6+,11-8?. The highest BCUT2D eigenvalue weighted by Gasteiger charge is 1.88. The first kappa shape index (κ1) is 11.2. The molecule has 0 amide bonds. The molecule has 0 aromatic rings. The summed E-state index contributed by atoms with van der Waals surface area (Å²) in [6.45, 7) is 6.28. The summed E-state index contributed by atoms with van der Waals surface area (Å²) in [7, 11) is 0. The molecular weight excluding hydrogens is 148 g/mol. The van der Waals surface area contributed by atoms with Crippen LogP contribution in [0.3, 0.4) is 0 Å². The average Bonchev–Trinajstić information content (AvgIpc) is 2.04. The van der Waals surface area contributed by atoms with E-state index in [1.165, 1.54) is 5.57 Å². The maximum atomic E-state index is 10.1. The third kappa shape index (κ3) is 5.90. The molecule has 0 spiro atoms. The third-order valence-electron chi connectivity index (χ3n) is 1.94. The van der Waals surface area contributed by atoms with Gasteiger partial charge in [-0.15, -0.1) is 0 Å². The van der Waals surface area contributed by atoms with Gasteiger partial charge in [0.25, 0.3) is 0 Å². The maximum Gasteiger partial charge on any atom is 0.142 e. The van der Waals surface area contributed by atoms with Crippen LogP contribution < -0.4 is 0 Å². The molecule has 0 saturated heterocycles. The van der Waals surface area contributed by atoms with E-state index < -0.39 is 0 Å². The van der Waals surface area contributed by atoms with Crippen molar-refractivity contribution in [1.82, 2.24) is 0 Å². The molecule has 12 heavy (non-hydrogen) atoms. The van der Waals surface area contributed by atoms with E-state index in [9.17, 15) is 4.79 Å². The van der Waals surface area contributed by atoms with E-state index in [4.69, 9.17) is 0 Å². The van der Waals surface area contributed by atoms with Gasteiger partial charge in [0.2, 0.25) is 0 Å². The van der Waals surface area contributed by atoms with Crippen LogP contribution in [0.1, 0.15) is 40.0 Å². The zero-order chi connectivity index (χ0) is 9.40. The fourth-order valence-corrected chi connectivity index (χ4v) is 0.890. The van der Waals surface area contributed by atoms with Gasteiger partial charge in [-0.3, -0.25) is 4.79 Å². The molecule has 1 heteroatoms. The van der Waals surface area contributed by atoms with Crippen LogP contribution in [-0.4, -0.2) is 6.29 Å². The summed E-state index contributed by atoms with van der Waals surface area (Å²) in [5, 5.41) is 0. The van der Waals surface area contributed by atoms with E-state index >= 15 is 0 Å². The van der Waals surface area contributed by atoms with E-state index in [2.05, 4.69) is 19.9 Å². The number of hydrogen-bond donors (Lipinski definition) is 0. The lowest BCUT2D eigenvalue weighted by molar-refractivity contribution is -0.104. The molecule has 0 aromatic carbocycles. The second-order valence-corrected chi connectivity index (χ2v) is 3.09. The minimum absolute atomic E-state index is 0.853. The van der Waals surface area contributed by atoms with Crippen LogP contribution >= 0.6 is 0 Å². The Morgan fingerprint density at radius 2 is 1.92 bits per heavy atom. The molecule has 0 N–H and O–H groups in total. The fraction of sp³-hybridized carbons (Fsp3) is 0.545. The Bertz CT molecular complexity index is 187. The smallest absolute Gasteiger partial charge is 0.142 e. The molecule has 0 aromatic heterocycles. The highest BCUT2D eigenvalue weighted by Crippen LogP contribution is 2.07. The molecule has 0 radical (unpaired) electrons. The zero-order valence-corrected chi connectivity index (χ0v) is 8.26. The number of carbonyl (C=O) groups is 1. The average molecular weight is 166 g/mol. The Kier molecular flexibility index (Phi) is 6.35. The number of allylic oxidation sites excluding steroid dienone is 4. The summed E-state index contributed by atoms with van der Waals surface area (Å²) in [6.07, 6.45) is 7.89. The lowest BCUT2D eigenvalue weighted by atomic mass is 10.1. The molecule has 0 aliphatic carbocycles. The molecular formula is C11H18O. The van der Waals surface area contributed by atoms with Gasteiger partial charge in [-0.2, -0.15) is 0 Å². The topological polar surface area (TPSA) is 17.1 Å². The second-order valence-electron chi connectivity index (χ2n) is 3.09. The van der Waals surface area contributed by atoms with Gasteiger partial charge in [-0.25, -0.2) is 0 Å². The number of aldehydes is 1. The van der Waals surface area contributed by atoms with Crippen LogP contribution in [-0.2, 0) is 4.79 Å². The van der Waals surface area contributed by atoms with Crippen molar-refractivity contribution in [1.29, 1.82) is 0 Å². The molecule has 0 aliphatic heterocycles. The van der Waals surface area contributed by atoms with Gasteiger partial charge in [0.15, 0.2) is 0 Å². The van der Waals surface area contributed by atoms with Crippen LogP contribution in [0.5, 0.6) is 0 Å².